The third-order valence-electron chi connectivity index (χ3n) is 2.52. The van der Waals surface area contributed by atoms with Gasteiger partial charge < -0.3 is 9.47 Å². The van der Waals surface area contributed by atoms with Crippen LogP contribution in [0.2, 0.25) is 5.02 Å². The lowest BCUT2D eigenvalue weighted by Crippen LogP contribution is -2.25. The zero-order valence-electron chi connectivity index (χ0n) is 8.62. The summed E-state index contributed by atoms with van der Waals surface area (Å²) >= 11 is 5.78. The molecule has 3 heteroatoms. The third-order valence-corrected chi connectivity index (χ3v) is 2.78. The molecule has 0 radical (unpaired) electrons. The molecule has 0 aromatic heterocycles. The van der Waals surface area contributed by atoms with E-state index in [1.54, 1.807) is 0 Å². The maximum absolute atomic E-state index is 5.78. The summed E-state index contributed by atoms with van der Waals surface area (Å²) < 4.78 is 11.2. The Morgan fingerprint density at radius 3 is 2.73 bits per heavy atom. The molecule has 1 saturated heterocycles. The van der Waals surface area contributed by atoms with Crippen molar-refractivity contribution < 1.29 is 9.47 Å². The minimum Gasteiger partial charge on any atom is -0.491 e. The van der Waals surface area contributed by atoms with Crippen LogP contribution in [0.3, 0.4) is 0 Å². The number of halogens is 1. The van der Waals surface area contributed by atoms with Gasteiger partial charge in [0.05, 0.1) is 6.10 Å². The van der Waals surface area contributed by atoms with Gasteiger partial charge in [-0.2, -0.15) is 0 Å². The Morgan fingerprint density at radius 2 is 2.07 bits per heavy atom. The molecule has 0 aliphatic carbocycles. The van der Waals surface area contributed by atoms with Crippen LogP contribution in [0.5, 0.6) is 5.75 Å². The van der Waals surface area contributed by atoms with Gasteiger partial charge in [-0.1, -0.05) is 11.6 Å². The highest BCUT2D eigenvalue weighted by Crippen LogP contribution is 2.18. The van der Waals surface area contributed by atoms with Crippen molar-refractivity contribution in [2.75, 3.05) is 13.2 Å². The second kappa shape index (κ2) is 5.38. The summed E-state index contributed by atoms with van der Waals surface area (Å²) in [5.74, 6) is 0.855. The predicted octanol–water partition coefficient (Wildman–Crippen LogP) is 3.29. The van der Waals surface area contributed by atoms with Crippen molar-refractivity contribution in [2.24, 2.45) is 0 Å². The highest BCUT2D eigenvalue weighted by molar-refractivity contribution is 6.30. The molecule has 0 spiro atoms. The second-order valence-corrected chi connectivity index (χ2v) is 4.19. The zero-order chi connectivity index (χ0) is 10.5. The van der Waals surface area contributed by atoms with Crippen molar-refractivity contribution in [2.45, 2.75) is 25.4 Å². The Labute approximate surface area is 95.1 Å². The van der Waals surface area contributed by atoms with Gasteiger partial charge in [-0.3, -0.25) is 0 Å². The first-order valence-corrected chi connectivity index (χ1v) is 5.72. The summed E-state index contributed by atoms with van der Waals surface area (Å²) in [6, 6.07) is 7.42. The number of hydrogen-bond acceptors (Lipinski definition) is 2. The normalized spacial score (nSPS) is 21.3. The first-order chi connectivity index (χ1) is 7.34. The summed E-state index contributed by atoms with van der Waals surface area (Å²) in [4.78, 5) is 0. The van der Waals surface area contributed by atoms with Crippen LogP contribution in [0, 0.1) is 0 Å². The van der Waals surface area contributed by atoms with Crippen LogP contribution < -0.4 is 4.74 Å². The van der Waals surface area contributed by atoms with E-state index in [9.17, 15) is 0 Å². The molecule has 0 amide bonds. The molecular weight excluding hydrogens is 212 g/mol. The maximum atomic E-state index is 5.78. The fourth-order valence-electron chi connectivity index (χ4n) is 1.66. The van der Waals surface area contributed by atoms with Crippen molar-refractivity contribution in [1.29, 1.82) is 0 Å². The first kappa shape index (κ1) is 10.8. The van der Waals surface area contributed by atoms with Gasteiger partial charge >= 0.3 is 0 Å². The standard InChI is InChI=1S/C12H15ClO2/c13-10-4-6-11(7-5-10)15-9-12-3-1-2-8-14-12/h4-7,12H,1-3,8-9H2/t12-/m0/s1. The third kappa shape index (κ3) is 3.40. The molecule has 1 aliphatic heterocycles. The van der Waals surface area contributed by atoms with E-state index in [-0.39, 0.29) is 6.10 Å². The SMILES string of the molecule is Clc1ccc(OC[C@@H]2CCCCO2)cc1. The fourth-order valence-corrected chi connectivity index (χ4v) is 1.78. The van der Waals surface area contributed by atoms with Crippen molar-refractivity contribution in [3.8, 4) is 5.75 Å². The van der Waals surface area contributed by atoms with E-state index in [1.165, 1.54) is 12.8 Å². The van der Waals surface area contributed by atoms with Gasteiger partial charge in [0, 0.05) is 11.6 Å². The molecule has 2 rings (SSSR count). The molecule has 0 N–H and O–H groups in total. The predicted molar refractivity (Wildman–Crippen MR) is 60.5 cm³/mol. The molecule has 0 unspecified atom stereocenters. The quantitative estimate of drug-likeness (QED) is 0.788. The minimum absolute atomic E-state index is 0.259. The van der Waals surface area contributed by atoms with E-state index in [2.05, 4.69) is 0 Å². The lowest BCUT2D eigenvalue weighted by atomic mass is 10.1. The van der Waals surface area contributed by atoms with Crippen molar-refractivity contribution in [1.82, 2.24) is 0 Å². The first-order valence-electron chi connectivity index (χ1n) is 5.34. The molecule has 1 atom stereocenters. The largest absolute Gasteiger partial charge is 0.491 e. The van der Waals surface area contributed by atoms with Crippen molar-refractivity contribution in [3.05, 3.63) is 29.3 Å². The van der Waals surface area contributed by atoms with E-state index >= 15 is 0 Å². The average Bonchev–Trinajstić information content (AvgIpc) is 2.30. The number of benzene rings is 1. The Kier molecular flexibility index (Phi) is 3.87. The Morgan fingerprint density at radius 1 is 1.27 bits per heavy atom. The molecule has 1 heterocycles. The van der Waals surface area contributed by atoms with E-state index < -0.39 is 0 Å². The molecular formula is C12H15ClO2. The minimum atomic E-state index is 0.259. The van der Waals surface area contributed by atoms with Gasteiger partial charge in [-0.25, -0.2) is 0 Å². The monoisotopic (exact) mass is 226 g/mol. The van der Waals surface area contributed by atoms with Crippen LogP contribution in [-0.2, 0) is 4.74 Å². The van der Waals surface area contributed by atoms with Crippen molar-refractivity contribution >= 4 is 11.6 Å². The molecule has 1 aromatic carbocycles. The molecule has 1 aromatic rings. The highest BCUT2D eigenvalue weighted by atomic mass is 35.5. The molecule has 0 bridgehead atoms. The molecule has 15 heavy (non-hydrogen) atoms. The van der Waals surface area contributed by atoms with Gasteiger partial charge in [0.15, 0.2) is 0 Å². The van der Waals surface area contributed by atoms with Gasteiger partial charge in [0.25, 0.3) is 0 Å². The van der Waals surface area contributed by atoms with Gasteiger partial charge in [0.1, 0.15) is 12.4 Å². The topological polar surface area (TPSA) is 18.5 Å². The lowest BCUT2D eigenvalue weighted by molar-refractivity contribution is -0.0110. The lowest BCUT2D eigenvalue weighted by Gasteiger charge is -2.22. The Hall–Kier alpha value is -0.730. The van der Waals surface area contributed by atoms with E-state index in [1.807, 2.05) is 24.3 Å². The molecule has 0 saturated carbocycles. The summed E-state index contributed by atoms with van der Waals surface area (Å²) in [6.45, 7) is 1.51. The van der Waals surface area contributed by atoms with Crippen LogP contribution >= 0.6 is 11.6 Å². The van der Waals surface area contributed by atoms with Crippen LogP contribution in [0.15, 0.2) is 24.3 Å². The molecule has 1 fully saturated rings. The number of ether oxygens (including phenoxy) is 2. The van der Waals surface area contributed by atoms with E-state index in [0.717, 1.165) is 23.8 Å². The second-order valence-electron chi connectivity index (χ2n) is 3.75. The number of hydrogen-bond donors (Lipinski definition) is 0. The molecule has 82 valence electrons. The van der Waals surface area contributed by atoms with Gasteiger partial charge in [0.2, 0.25) is 0 Å². The average molecular weight is 227 g/mol. The summed E-state index contributed by atoms with van der Waals surface area (Å²) in [5.41, 5.74) is 0. The van der Waals surface area contributed by atoms with Crippen LogP contribution in [-0.4, -0.2) is 19.3 Å². The Bertz CT molecular complexity index is 291. The zero-order valence-corrected chi connectivity index (χ0v) is 9.37. The summed E-state index contributed by atoms with van der Waals surface area (Å²) in [7, 11) is 0. The van der Waals surface area contributed by atoms with Crippen molar-refractivity contribution in [3.63, 3.8) is 0 Å². The van der Waals surface area contributed by atoms with Crippen LogP contribution in [0.4, 0.5) is 0 Å². The summed E-state index contributed by atoms with van der Waals surface area (Å²) in [6.07, 6.45) is 3.79. The van der Waals surface area contributed by atoms with E-state index in [4.69, 9.17) is 21.1 Å². The smallest absolute Gasteiger partial charge is 0.119 e. The fraction of sp³-hybridized carbons (Fsp3) is 0.500. The van der Waals surface area contributed by atoms with Crippen LogP contribution in [0.1, 0.15) is 19.3 Å². The summed E-state index contributed by atoms with van der Waals surface area (Å²) in [5, 5.41) is 0.733. The van der Waals surface area contributed by atoms with Crippen LogP contribution in [0.25, 0.3) is 0 Å². The number of rotatable bonds is 3. The Balaban J connectivity index is 1.79. The van der Waals surface area contributed by atoms with Gasteiger partial charge in [-0.15, -0.1) is 0 Å². The molecule has 1 aliphatic rings. The highest BCUT2D eigenvalue weighted by Gasteiger charge is 2.14. The van der Waals surface area contributed by atoms with Gasteiger partial charge in [-0.05, 0) is 43.5 Å². The molecule has 2 nitrogen and oxygen atoms in total. The van der Waals surface area contributed by atoms with E-state index in [0.29, 0.717) is 6.61 Å². The maximum Gasteiger partial charge on any atom is 0.119 e.